The molecule has 31 heavy (non-hydrogen) atoms. The van der Waals surface area contributed by atoms with E-state index in [2.05, 4.69) is 115 Å². The lowest BCUT2D eigenvalue weighted by Crippen LogP contribution is -2.61. The summed E-state index contributed by atoms with van der Waals surface area (Å²) in [7, 11) is 0. The van der Waals surface area contributed by atoms with E-state index in [4.69, 9.17) is 0 Å². The molecule has 0 bridgehead atoms. The first kappa shape index (κ1) is 20.5. The number of fused-ring (bicyclic) bond motifs is 1. The number of nitrogens with zero attached hydrogens (tertiary/aromatic N) is 2. The topological polar surface area (TPSA) is 6.48 Å². The first-order valence-corrected chi connectivity index (χ1v) is 11.8. The normalized spacial score (nSPS) is 29.4. The molecule has 0 aromatic heterocycles. The van der Waals surface area contributed by atoms with Crippen LogP contribution in [0, 0.1) is 5.92 Å². The number of hydrogen-bond donors (Lipinski definition) is 0. The molecule has 0 saturated carbocycles. The molecule has 0 spiro atoms. The molecule has 2 nitrogen and oxygen atoms in total. The number of benzene rings is 3. The number of rotatable bonds is 4. The van der Waals surface area contributed by atoms with Gasteiger partial charge in [0.25, 0.3) is 0 Å². The highest BCUT2D eigenvalue weighted by Crippen LogP contribution is 2.44. The van der Waals surface area contributed by atoms with Crippen molar-refractivity contribution in [2.45, 2.75) is 44.3 Å². The van der Waals surface area contributed by atoms with Crippen LogP contribution in [0.15, 0.2) is 91.0 Å². The molecule has 0 N–H and O–H groups in total. The monoisotopic (exact) mass is 410 g/mol. The van der Waals surface area contributed by atoms with Crippen LogP contribution in [0.4, 0.5) is 0 Å². The fraction of sp³-hybridized carbons (Fsp3) is 0.379. The van der Waals surface area contributed by atoms with Gasteiger partial charge in [0.2, 0.25) is 0 Å². The second kappa shape index (κ2) is 8.61. The average Bonchev–Trinajstić information content (AvgIpc) is 2.82. The van der Waals surface area contributed by atoms with E-state index in [1.807, 2.05) is 0 Å². The maximum Gasteiger partial charge on any atom is 0.0479 e. The third-order valence-corrected chi connectivity index (χ3v) is 7.91. The predicted molar refractivity (Wildman–Crippen MR) is 129 cm³/mol. The zero-order valence-electron chi connectivity index (χ0n) is 18.8. The van der Waals surface area contributed by atoms with Gasteiger partial charge >= 0.3 is 0 Å². The standard InChI is InChI=1S/C29H34N2/c1-23-19-30-22-28(25-14-8-4-9-15-25)31(20-24-12-6-3-7-13-24)21-27(30)18-29(23,2)26-16-10-5-11-17-26/h3-17,23,27-28H,18-22H2,1-2H3/t23?,27?,28?,29-/m1/s1. The largest absolute Gasteiger partial charge is 0.297 e. The Balaban J connectivity index is 1.44. The van der Waals surface area contributed by atoms with Crippen molar-refractivity contribution >= 4 is 0 Å². The zero-order chi connectivity index (χ0) is 21.3. The third kappa shape index (κ3) is 4.07. The molecule has 2 aliphatic heterocycles. The summed E-state index contributed by atoms with van der Waals surface area (Å²) in [6.07, 6.45) is 1.23. The quantitative estimate of drug-likeness (QED) is 0.527. The lowest BCUT2D eigenvalue weighted by molar-refractivity contribution is -0.0351. The Morgan fingerprint density at radius 3 is 2.06 bits per heavy atom. The summed E-state index contributed by atoms with van der Waals surface area (Å²) in [6.45, 7) is 9.40. The van der Waals surface area contributed by atoms with Crippen molar-refractivity contribution in [2.75, 3.05) is 19.6 Å². The minimum absolute atomic E-state index is 0.237. The molecule has 2 aliphatic rings. The second-order valence-corrected chi connectivity index (χ2v) is 9.84. The van der Waals surface area contributed by atoms with Gasteiger partial charge in [-0.25, -0.2) is 0 Å². The Hall–Kier alpha value is -2.42. The molecule has 3 aromatic rings. The molecule has 2 heteroatoms. The summed E-state index contributed by atoms with van der Waals surface area (Å²) in [4.78, 5) is 5.52. The van der Waals surface area contributed by atoms with Gasteiger partial charge in [-0.15, -0.1) is 0 Å². The molecule has 2 saturated heterocycles. The minimum Gasteiger partial charge on any atom is -0.297 e. The van der Waals surface area contributed by atoms with Gasteiger partial charge in [-0.1, -0.05) is 105 Å². The van der Waals surface area contributed by atoms with Crippen LogP contribution in [0.5, 0.6) is 0 Å². The van der Waals surface area contributed by atoms with Gasteiger partial charge in [-0.2, -0.15) is 0 Å². The zero-order valence-corrected chi connectivity index (χ0v) is 18.8. The molecule has 2 fully saturated rings. The van der Waals surface area contributed by atoms with Gasteiger partial charge in [-0.05, 0) is 34.4 Å². The van der Waals surface area contributed by atoms with Gasteiger partial charge in [0.05, 0.1) is 0 Å². The minimum atomic E-state index is 0.237. The van der Waals surface area contributed by atoms with Crippen molar-refractivity contribution < 1.29 is 0 Å². The van der Waals surface area contributed by atoms with Crippen molar-refractivity contribution in [3.05, 3.63) is 108 Å². The summed E-state index contributed by atoms with van der Waals surface area (Å²) >= 11 is 0. The van der Waals surface area contributed by atoms with Crippen LogP contribution in [0.2, 0.25) is 0 Å². The first-order chi connectivity index (χ1) is 15.1. The van der Waals surface area contributed by atoms with Crippen LogP contribution in [0.3, 0.4) is 0 Å². The Kier molecular flexibility index (Phi) is 5.69. The molecule has 0 amide bonds. The van der Waals surface area contributed by atoms with E-state index in [0.717, 1.165) is 19.6 Å². The summed E-state index contributed by atoms with van der Waals surface area (Å²) in [5.41, 5.74) is 4.59. The summed E-state index contributed by atoms with van der Waals surface area (Å²) < 4.78 is 0. The highest BCUT2D eigenvalue weighted by molar-refractivity contribution is 5.28. The van der Waals surface area contributed by atoms with Gasteiger partial charge in [0.15, 0.2) is 0 Å². The molecule has 5 rings (SSSR count). The third-order valence-electron chi connectivity index (χ3n) is 7.91. The highest BCUT2D eigenvalue weighted by atomic mass is 15.3. The van der Waals surface area contributed by atoms with E-state index in [9.17, 15) is 0 Å². The predicted octanol–water partition coefficient (Wildman–Crippen LogP) is 5.91. The molecule has 2 heterocycles. The van der Waals surface area contributed by atoms with Crippen LogP contribution in [-0.2, 0) is 12.0 Å². The fourth-order valence-corrected chi connectivity index (χ4v) is 5.87. The maximum atomic E-state index is 2.79. The highest BCUT2D eigenvalue weighted by Gasteiger charge is 2.46. The molecule has 0 aliphatic carbocycles. The van der Waals surface area contributed by atoms with E-state index in [1.54, 1.807) is 0 Å². The van der Waals surface area contributed by atoms with Crippen molar-refractivity contribution in [2.24, 2.45) is 5.92 Å². The maximum absolute atomic E-state index is 2.79. The van der Waals surface area contributed by atoms with Crippen molar-refractivity contribution in [1.29, 1.82) is 0 Å². The summed E-state index contributed by atoms with van der Waals surface area (Å²) in [5, 5.41) is 0. The van der Waals surface area contributed by atoms with E-state index >= 15 is 0 Å². The van der Waals surface area contributed by atoms with Crippen LogP contribution < -0.4 is 0 Å². The lowest BCUT2D eigenvalue weighted by atomic mass is 9.65. The van der Waals surface area contributed by atoms with Crippen LogP contribution in [0.1, 0.15) is 43.0 Å². The van der Waals surface area contributed by atoms with Crippen molar-refractivity contribution in [3.63, 3.8) is 0 Å². The smallest absolute Gasteiger partial charge is 0.0479 e. The summed E-state index contributed by atoms with van der Waals surface area (Å²) in [5.74, 6) is 0.642. The molecule has 160 valence electrons. The van der Waals surface area contributed by atoms with E-state index in [-0.39, 0.29) is 5.41 Å². The van der Waals surface area contributed by atoms with Gasteiger partial charge in [0.1, 0.15) is 0 Å². The number of hydrogen-bond acceptors (Lipinski definition) is 2. The van der Waals surface area contributed by atoms with Crippen molar-refractivity contribution in [3.8, 4) is 0 Å². The summed E-state index contributed by atoms with van der Waals surface area (Å²) in [6, 6.07) is 34.4. The Labute approximate surface area is 187 Å². The van der Waals surface area contributed by atoms with Crippen LogP contribution in [-0.4, -0.2) is 35.5 Å². The van der Waals surface area contributed by atoms with E-state index < -0.39 is 0 Å². The van der Waals surface area contributed by atoms with Gasteiger partial charge < -0.3 is 0 Å². The lowest BCUT2D eigenvalue weighted by Gasteiger charge is -2.55. The first-order valence-electron chi connectivity index (χ1n) is 11.8. The Bertz CT molecular complexity index is 971. The Morgan fingerprint density at radius 1 is 0.774 bits per heavy atom. The molecular weight excluding hydrogens is 376 g/mol. The molecule has 4 atom stereocenters. The van der Waals surface area contributed by atoms with Gasteiger partial charge in [0, 0.05) is 38.3 Å². The van der Waals surface area contributed by atoms with Crippen LogP contribution in [0.25, 0.3) is 0 Å². The number of piperazine rings is 1. The van der Waals surface area contributed by atoms with Crippen molar-refractivity contribution in [1.82, 2.24) is 9.80 Å². The molecule has 3 aromatic carbocycles. The van der Waals surface area contributed by atoms with Gasteiger partial charge in [-0.3, -0.25) is 9.80 Å². The molecule has 0 radical (unpaired) electrons. The fourth-order valence-electron chi connectivity index (χ4n) is 5.87. The second-order valence-electron chi connectivity index (χ2n) is 9.84. The average molecular weight is 411 g/mol. The Morgan fingerprint density at radius 2 is 1.39 bits per heavy atom. The van der Waals surface area contributed by atoms with E-state index in [1.165, 1.54) is 29.7 Å². The van der Waals surface area contributed by atoms with E-state index in [0.29, 0.717) is 18.0 Å². The molecular formula is C29H34N2. The number of piperidine rings is 1. The van der Waals surface area contributed by atoms with Crippen LogP contribution >= 0.6 is 0 Å². The molecule has 3 unspecified atom stereocenters. The SMILES string of the molecule is CC1CN2CC(c3ccccc3)N(Cc3ccccc3)CC2C[C@@]1(C)c1ccccc1.